The molecular formula is C23H26N4O3S. The first-order chi connectivity index (χ1) is 15.0. The minimum atomic E-state index is -3.37. The topological polar surface area (TPSA) is 87.2 Å². The molecule has 2 N–H and O–H groups in total. The summed E-state index contributed by atoms with van der Waals surface area (Å²) in [6.45, 7) is 5.68. The number of nitrogens with one attached hydrogen (secondary N) is 2. The summed E-state index contributed by atoms with van der Waals surface area (Å²) < 4.78 is 29.3. The van der Waals surface area contributed by atoms with Gasteiger partial charge in [-0.05, 0) is 56.4 Å². The average molecular weight is 439 g/mol. The molecule has 0 radical (unpaired) electrons. The molecule has 0 unspecified atom stereocenters. The number of aromatic amines is 1. The summed E-state index contributed by atoms with van der Waals surface area (Å²) in [5, 5.41) is 0.514. The van der Waals surface area contributed by atoms with E-state index in [9.17, 15) is 13.2 Å². The van der Waals surface area contributed by atoms with E-state index in [1.807, 2.05) is 24.3 Å². The summed E-state index contributed by atoms with van der Waals surface area (Å²) in [5.41, 5.74) is 3.70. The van der Waals surface area contributed by atoms with Gasteiger partial charge in [-0.25, -0.2) is 8.42 Å². The van der Waals surface area contributed by atoms with Gasteiger partial charge in [0.2, 0.25) is 10.0 Å². The Labute approximate surface area is 181 Å². The molecule has 2 aliphatic rings. The standard InChI is InChI=1S/C23H26N4O3S/c1-2-26-15-20(18-10-11-24-22(18)23(26)28)19-14-16(25-31(29,30)17-7-8-17)6-9-21(19)27-12-4-3-5-13-27/h2,6,9-11,14-15,17,24-25H,1,3-5,7-8,12-13H2. The van der Waals surface area contributed by atoms with E-state index in [0.717, 1.165) is 48.1 Å². The van der Waals surface area contributed by atoms with Gasteiger partial charge in [0.1, 0.15) is 5.52 Å². The van der Waals surface area contributed by atoms with Crippen LogP contribution in [-0.4, -0.2) is 36.3 Å². The van der Waals surface area contributed by atoms with Crippen LogP contribution in [-0.2, 0) is 10.0 Å². The maximum absolute atomic E-state index is 12.7. The molecule has 1 aromatic carbocycles. The normalized spacial score (nSPS) is 17.1. The molecule has 0 bridgehead atoms. The zero-order valence-corrected chi connectivity index (χ0v) is 18.1. The molecule has 5 rings (SSSR count). The maximum atomic E-state index is 12.7. The number of aromatic nitrogens is 2. The van der Waals surface area contributed by atoms with E-state index in [-0.39, 0.29) is 10.8 Å². The molecule has 2 aromatic heterocycles. The largest absolute Gasteiger partial charge is 0.371 e. The fourth-order valence-corrected chi connectivity index (χ4v) is 5.75. The van der Waals surface area contributed by atoms with E-state index < -0.39 is 10.0 Å². The van der Waals surface area contributed by atoms with Gasteiger partial charge in [-0.2, -0.15) is 0 Å². The van der Waals surface area contributed by atoms with Crippen LogP contribution in [0.15, 0.2) is 48.0 Å². The van der Waals surface area contributed by atoms with Gasteiger partial charge < -0.3 is 9.88 Å². The van der Waals surface area contributed by atoms with Crippen molar-refractivity contribution in [2.45, 2.75) is 37.4 Å². The van der Waals surface area contributed by atoms with Gasteiger partial charge >= 0.3 is 0 Å². The van der Waals surface area contributed by atoms with Crippen molar-refractivity contribution in [2.75, 3.05) is 22.7 Å². The molecular weight excluding hydrogens is 412 g/mol. The third-order valence-electron chi connectivity index (χ3n) is 6.16. The van der Waals surface area contributed by atoms with Crippen LogP contribution in [0.1, 0.15) is 32.1 Å². The zero-order chi connectivity index (χ0) is 21.6. The Balaban J connectivity index is 1.70. The third kappa shape index (κ3) is 3.65. The predicted octanol–water partition coefficient (Wildman–Crippen LogP) is 3.99. The Hall–Kier alpha value is -3.00. The van der Waals surface area contributed by atoms with Crippen molar-refractivity contribution in [2.24, 2.45) is 0 Å². The van der Waals surface area contributed by atoms with Crippen LogP contribution >= 0.6 is 0 Å². The van der Waals surface area contributed by atoms with Gasteiger partial charge in [0.15, 0.2) is 0 Å². The lowest BCUT2D eigenvalue weighted by Crippen LogP contribution is -2.30. The molecule has 1 aliphatic carbocycles. The molecule has 0 atom stereocenters. The molecule has 0 spiro atoms. The minimum Gasteiger partial charge on any atom is -0.371 e. The maximum Gasteiger partial charge on any atom is 0.278 e. The van der Waals surface area contributed by atoms with Crippen molar-refractivity contribution in [1.82, 2.24) is 9.55 Å². The molecule has 1 aliphatic heterocycles. The van der Waals surface area contributed by atoms with Gasteiger partial charge in [-0.1, -0.05) is 6.58 Å². The van der Waals surface area contributed by atoms with Gasteiger partial charge in [0.25, 0.3) is 5.56 Å². The van der Waals surface area contributed by atoms with Crippen LogP contribution in [0.5, 0.6) is 0 Å². The number of H-pyrrole nitrogens is 1. The summed E-state index contributed by atoms with van der Waals surface area (Å²) in [7, 11) is -3.37. The number of nitrogens with zero attached hydrogens (tertiary/aromatic N) is 2. The monoisotopic (exact) mass is 438 g/mol. The summed E-state index contributed by atoms with van der Waals surface area (Å²) in [6, 6.07) is 7.61. The van der Waals surface area contributed by atoms with Crippen molar-refractivity contribution in [1.29, 1.82) is 0 Å². The van der Waals surface area contributed by atoms with E-state index in [1.54, 1.807) is 12.4 Å². The number of hydrogen-bond donors (Lipinski definition) is 2. The number of piperidine rings is 1. The lowest BCUT2D eigenvalue weighted by molar-refractivity contribution is 0.578. The number of sulfonamides is 1. The Bertz CT molecular complexity index is 1310. The van der Waals surface area contributed by atoms with E-state index in [4.69, 9.17) is 0 Å². The van der Waals surface area contributed by atoms with Gasteiger partial charge in [-0.3, -0.25) is 14.1 Å². The summed E-state index contributed by atoms with van der Waals surface area (Å²) >= 11 is 0. The van der Waals surface area contributed by atoms with E-state index in [1.165, 1.54) is 17.2 Å². The van der Waals surface area contributed by atoms with Crippen LogP contribution in [0.2, 0.25) is 0 Å². The number of benzene rings is 1. The highest BCUT2D eigenvalue weighted by atomic mass is 32.2. The average Bonchev–Trinajstić information content (AvgIpc) is 3.53. The molecule has 1 saturated carbocycles. The van der Waals surface area contributed by atoms with E-state index in [0.29, 0.717) is 24.0 Å². The first kappa shape index (κ1) is 19.9. The van der Waals surface area contributed by atoms with Crippen LogP contribution in [0.4, 0.5) is 11.4 Å². The first-order valence-electron chi connectivity index (χ1n) is 10.7. The third-order valence-corrected chi connectivity index (χ3v) is 8.03. The van der Waals surface area contributed by atoms with E-state index in [2.05, 4.69) is 21.2 Å². The Morgan fingerprint density at radius 3 is 2.58 bits per heavy atom. The predicted molar refractivity (Wildman–Crippen MR) is 126 cm³/mol. The number of rotatable bonds is 6. The van der Waals surface area contributed by atoms with Crippen molar-refractivity contribution in [3.05, 3.63) is 53.6 Å². The quantitative estimate of drug-likeness (QED) is 0.609. The summed E-state index contributed by atoms with van der Waals surface area (Å²) in [4.78, 5) is 18.1. The van der Waals surface area contributed by atoms with Crippen molar-refractivity contribution < 1.29 is 8.42 Å². The molecule has 162 valence electrons. The smallest absolute Gasteiger partial charge is 0.278 e. The molecule has 2 fully saturated rings. The second-order valence-electron chi connectivity index (χ2n) is 8.33. The second-order valence-corrected chi connectivity index (χ2v) is 10.3. The van der Waals surface area contributed by atoms with Crippen molar-refractivity contribution in [3.8, 4) is 11.1 Å². The minimum absolute atomic E-state index is 0.163. The van der Waals surface area contributed by atoms with Crippen molar-refractivity contribution in [3.63, 3.8) is 0 Å². The fourth-order valence-electron chi connectivity index (χ4n) is 4.37. The summed E-state index contributed by atoms with van der Waals surface area (Å²) in [6.07, 6.45) is 9.92. The van der Waals surface area contributed by atoms with Crippen LogP contribution in [0.3, 0.4) is 0 Å². The van der Waals surface area contributed by atoms with Crippen molar-refractivity contribution >= 4 is 38.5 Å². The Kier molecular flexibility index (Phi) is 4.89. The van der Waals surface area contributed by atoms with Gasteiger partial charge in [-0.15, -0.1) is 0 Å². The molecule has 31 heavy (non-hydrogen) atoms. The van der Waals surface area contributed by atoms with Gasteiger partial charge in [0.05, 0.1) is 5.25 Å². The van der Waals surface area contributed by atoms with Crippen LogP contribution in [0.25, 0.3) is 28.2 Å². The van der Waals surface area contributed by atoms with Crippen LogP contribution < -0.4 is 15.2 Å². The van der Waals surface area contributed by atoms with E-state index >= 15 is 0 Å². The molecule has 1 saturated heterocycles. The number of pyridine rings is 1. The number of fused-ring (bicyclic) bond motifs is 1. The number of hydrogen-bond acceptors (Lipinski definition) is 4. The van der Waals surface area contributed by atoms with Crippen LogP contribution in [0, 0.1) is 0 Å². The lowest BCUT2D eigenvalue weighted by atomic mass is 9.99. The molecule has 7 nitrogen and oxygen atoms in total. The second kappa shape index (κ2) is 7.60. The lowest BCUT2D eigenvalue weighted by Gasteiger charge is -2.31. The highest BCUT2D eigenvalue weighted by Crippen LogP contribution is 2.38. The fraction of sp³-hybridized carbons (Fsp3) is 0.348. The Morgan fingerprint density at radius 2 is 1.87 bits per heavy atom. The van der Waals surface area contributed by atoms with Gasteiger partial charge in [0, 0.05) is 59.6 Å². The molecule has 8 heteroatoms. The molecule has 3 aromatic rings. The number of anilines is 2. The zero-order valence-electron chi connectivity index (χ0n) is 17.3. The molecule has 3 heterocycles. The first-order valence-corrected chi connectivity index (χ1v) is 12.3. The Morgan fingerprint density at radius 1 is 1.10 bits per heavy atom. The summed E-state index contributed by atoms with van der Waals surface area (Å²) in [5.74, 6) is 0. The highest BCUT2D eigenvalue weighted by Gasteiger charge is 2.35. The SMILES string of the molecule is C=Cn1cc(-c2cc(NS(=O)(=O)C3CC3)ccc2N2CCCCC2)c2cc[nH]c2c1=O. The highest BCUT2D eigenvalue weighted by molar-refractivity contribution is 7.93. The molecule has 0 amide bonds.